The van der Waals surface area contributed by atoms with Crippen molar-refractivity contribution < 1.29 is 17.6 Å². The summed E-state index contributed by atoms with van der Waals surface area (Å²) in [5.74, 6) is 0.344. The smallest absolute Gasteiger partial charge is 0.224 e. The molecule has 2 aromatic carbocycles. The molecule has 162 valence electrons. The van der Waals surface area contributed by atoms with Crippen LogP contribution < -0.4 is 5.32 Å². The van der Waals surface area contributed by atoms with Gasteiger partial charge >= 0.3 is 0 Å². The van der Waals surface area contributed by atoms with Gasteiger partial charge in [0.25, 0.3) is 0 Å². The van der Waals surface area contributed by atoms with E-state index in [4.69, 9.17) is 4.42 Å². The first-order chi connectivity index (χ1) is 15.0. The van der Waals surface area contributed by atoms with Crippen LogP contribution >= 0.6 is 0 Å². The molecular formula is C24H26N2O4S. The van der Waals surface area contributed by atoms with Crippen molar-refractivity contribution >= 4 is 15.9 Å². The quantitative estimate of drug-likeness (QED) is 0.610. The molecule has 0 saturated carbocycles. The first-order valence-corrected chi connectivity index (χ1v) is 12.0. The largest absolute Gasteiger partial charge is 0.467 e. The number of furan rings is 1. The Morgan fingerprint density at radius 1 is 0.968 bits per heavy atom. The lowest BCUT2D eigenvalue weighted by Gasteiger charge is -2.31. The van der Waals surface area contributed by atoms with Crippen molar-refractivity contribution in [3.05, 3.63) is 95.9 Å². The Hall–Kier alpha value is -2.90. The third kappa shape index (κ3) is 5.24. The average molecular weight is 439 g/mol. The van der Waals surface area contributed by atoms with E-state index in [2.05, 4.69) is 5.32 Å². The van der Waals surface area contributed by atoms with Crippen LogP contribution in [0.2, 0.25) is 0 Å². The van der Waals surface area contributed by atoms with Crippen molar-refractivity contribution in [1.29, 1.82) is 0 Å². The summed E-state index contributed by atoms with van der Waals surface area (Å²) in [6.45, 7) is 0.702. The molecule has 1 aliphatic heterocycles. The molecule has 1 fully saturated rings. The van der Waals surface area contributed by atoms with E-state index in [0.717, 1.165) is 11.1 Å². The molecule has 1 saturated heterocycles. The number of nitrogens with zero attached hydrogens (tertiary/aromatic N) is 1. The van der Waals surface area contributed by atoms with Gasteiger partial charge in [-0.05, 0) is 36.1 Å². The number of rotatable bonds is 7. The van der Waals surface area contributed by atoms with Crippen LogP contribution in [0.1, 0.15) is 35.8 Å². The number of carbonyl (C=O) groups excluding carboxylic acids is 1. The summed E-state index contributed by atoms with van der Waals surface area (Å²) >= 11 is 0. The summed E-state index contributed by atoms with van der Waals surface area (Å²) in [6, 6.07) is 22.1. The first kappa shape index (κ1) is 21.3. The van der Waals surface area contributed by atoms with Crippen LogP contribution in [0.15, 0.2) is 83.5 Å². The maximum atomic E-state index is 13.0. The highest BCUT2D eigenvalue weighted by Crippen LogP contribution is 2.26. The summed E-state index contributed by atoms with van der Waals surface area (Å²) in [5.41, 5.74) is 1.71. The fraction of sp³-hybridized carbons (Fsp3) is 0.292. The summed E-state index contributed by atoms with van der Waals surface area (Å²) in [4.78, 5) is 13.0. The van der Waals surface area contributed by atoms with Crippen molar-refractivity contribution in [3.8, 4) is 0 Å². The predicted molar refractivity (Wildman–Crippen MR) is 118 cm³/mol. The van der Waals surface area contributed by atoms with Crippen molar-refractivity contribution in [2.24, 2.45) is 5.92 Å². The number of hydrogen-bond acceptors (Lipinski definition) is 4. The second-order valence-electron chi connectivity index (χ2n) is 7.78. The van der Waals surface area contributed by atoms with Crippen LogP contribution in [0.4, 0.5) is 0 Å². The van der Waals surface area contributed by atoms with Gasteiger partial charge in [0.05, 0.1) is 12.0 Å². The molecule has 1 atom stereocenters. The van der Waals surface area contributed by atoms with Crippen LogP contribution in [0, 0.1) is 5.92 Å². The molecule has 0 radical (unpaired) electrons. The second-order valence-corrected chi connectivity index (χ2v) is 9.75. The Morgan fingerprint density at radius 3 is 2.23 bits per heavy atom. The number of nitrogens with one attached hydrogen (secondary N) is 1. The molecule has 1 aliphatic rings. The van der Waals surface area contributed by atoms with Gasteiger partial charge in [0, 0.05) is 19.0 Å². The van der Waals surface area contributed by atoms with Gasteiger partial charge in [-0.1, -0.05) is 60.7 Å². The number of hydrogen-bond donors (Lipinski definition) is 1. The molecule has 4 rings (SSSR count). The Kier molecular flexibility index (Phi) is 6.53. The van der Waals surface area contributed by atoms with Crippen LogP contribution in [0.25, 0.3) is 0 Å². The first-order valence-electron chi connectivity index (χ1n) is 10.4. The lowest BCUT2D eigenvalue weighted by Crippen LogP contribution is -2.44. The molecule has 3 aromatic rings. The van der Waals surface area contributed by atoms with Crippen LogP contribution in [-0.2, 0) is 20.6 Å². The Labute approximate surface area is 182 Å². The zero-order chi connectivity index (χ0) is 21.7. The summed E-state index contributed by atoms with van der Waals surface area (Å²) in [7, 11) is -3.40. The minimum absolute atomic E-state index is 0.0146. The minimum Gasteiger partial charge on any atom is -0.467 e. The van der Waals surface area contributed by atoms with Gasteiger partial charge in [0.2, 0.25) is 15.9 Å². The molecule has 0 aliphatic carbocycles. The highest BCUT2D eigenvalue weighted by atomic mass is 32.2. The Bertz CT molecular complexity index is 1080. The molecule has 0 spiro atoms. The summed E-state index contributed by atoms with van der Waals surface area (Å²) in [5, 5.41) is 3.10. The molecule has 0 bridgehead atoms. The predicted octanol–water partition coefficient (Wildman–Crippen LogP) is 3.73. The molecule has 1 N–H and O–H groups in total. The molecule has 2 heterocycles. The van der Waals surface area contributed by atoms with Gasteiger partial charge < -0.3 is 9.73 Å². The van der Waals surface area contributed by atoms with E-state index in [1.165, 1.54) is 4.31 Å². The molecule has 1 aromatic heterocycles. The van der Waals surface area contributed by atoms with E-state index in [0.29, 0.717) is 31.7 Å². The SMILES string of the molecule is O=C(NC(c1ccccc1)c1ccco1)C1CCN(S(=O)(=O)Cc2ccccc2)CC1. The Morgan fingerprint density at radius 2 is 1.61 bits per heavy atom. The molecule has 7 heteroatoms. The summed E-state index contributed by atoms with van der Waals surface area (Å²) in [6.07, 6.45) is 2.59. The maximum Gasteiger partial charge on any atom is 0.224 e. The maximum absolute atomic E-state index is 13.0. The highest BCUT2D eigenvalue weighted by Gasteiger charge is 2.32. The van der Waals surface area contributed by atoms with E-state index < -0.39 is 10.0 Å². The molecular weight excluding hydrogens is 412 g/mol. The zero-order valence-electron chi connectivity index (χ0n) is 17.2. The average Bonchev–Trinajstić information content (AvgIpc) is 3.33. The number of amides is 1. The lowest BCUT2D eigenvalue weighted by molar-refractivity contribution is -0.126. The second kappa shape index (κ2) is 9.49. The van der Waals surface area contributed by atoms with E-state index in [9.17, 15) is 13.2 Å². The number of benzene rings is 2. The van der Waals surface area contributed by atoms with Crippen LogP contribution in [-0.4, -0.2) is 31.7 Å². The Balaban J connectivity index is 1.38. The van der Waals surface area contributed by atoms with Gasteiger partial charge in [-0.25, -0.2) is 12.7 Å². The van der Waals surface area contributed by atoms with E-state index in [1.54, 1.807) is 12.3 Å². The third-order valence-corrected chi connectivity index (χ3v) is 7.51. The minimum atomic E-state index is -3.40. The van der Waals surface area contributed by atoms with E-state index >= 15 is 0 Å². The fourth-order valence-electron chi connectivity index (χ4n) is 3.95. The zero-order valence-corrected chi connectivity index (χ0v) is 18.0. The van der Waals surface area contributed by atoms with Crippen molar-refractivity contribution in [2.75, 3.05) is 13.1 Å². The van der Waals surface area contributed by atoms with Gasteiger partial charge in [0.1, 0.15) is 11.8 Å². The monoisotopic (exact) mass is 438 g/mol. The molecule has 31 heavy (non-hydrogen) atoms. The number of carbonyl (C=O) groups is 1. The van der Waals surface area contributed by atoms with Crippen LogP contribution in [0.3, 0.4) is 0 Å². The molecule has 1 amide bonds. The number of piperidine rings is 1. The van der Waals surface area contributed by atoms with Crippen molar-refractivity contribution in [1.82, 2.24) is 9.62 Å². The third-order valence-electron chi connectivity index (χ3n) is 5.66. The highest BCUT2D eigenvalue weighted by molar-refractivity contribution is 7.88. The van der Waals surface area contributed by atoms with Crippen molar-refractivity contribution in [3.63, 3.8) is 0 Å². The van der Waals surface area contributed by atoms with E-state index in [-0.39, 0.29) is 23.6 Å². The normalized spacial score (nSPS) is 16.6. The molecule has 6 nitrogen and oxygen atoms in total. The topological polar surface area (TPSA) is 79.6 Å². The standard InChI is InChI=1S/C24H26N2O4S/c27-24(25-23(22-12-7-17-30-22)20-10-5-2-6-11-20)21-13-15-26(16-14-21)31(28,29)18-19-8-3-1-4-9-19/h1-12,17,21,23H,13-16,18H2,(H,25,27). The van der Waals surface area contributed by atoms with Crippen molar-refractivity contribution in [2.45, 2.75) is 24.6 Å². The lowest BCUT2D eigenvalue weighted by atomic mass is 9.95. The fourth-order valence-corrected chi connectivity index (χ4v) is 5.52. The number of sulfonamides is 1. The summed E-state index contributed by atoms with van der Waals surface area (Å²) < 4.78 is 32.6. The van der Waals surface area contributed by atoms with E-state index in [1.807, 2.05) is 66.7 Å². The van der Waals surface area contributed by atoms with Gasteiger partial charge in [-0.2, -0.15) is 0 Å². The van der Waals surface area contributed by atoms with Crippen LogP contribution in [0.5, 0.6) is 0 Å². The van der Waals surface area contributed by atoms with Gasteiger partial charge in [0.15, 0.2) is 0 Å². The molecule has 1 unspecified atom stereocenters. The van der Waals surface area contributed by atoms with Gasteiger partial charge in [-0.3, -0.25) is 4.79 Å². The van der Waals surface area contributed by atoms with Gasteiger partial charge in [-0.15, -0.1) is 0 Å².